The topological polar surface area (TPSA) is 141 Å². The van der Waals surface area contributed by atoms with Crippen molar-refractivity contribution < 1.29 is 4.79 Å². The highest BCUT2D eigenvalue weighted by Crippen LogP contribution is 2.34. The summed E-state index contributed by atoms with van der Waals surface area (Å²) in [5, 5.41) is 17.6. The number of aromatic nitrogens is 9. The molecule has 38 heavy (non-hydrogen) atoms. The minimum absolute atomic E-state index is 0.126. The number of aryl methyl sites for hydroxylation is 1. The van der Waals surface area contributed by atoms with Crippen LogP contribution in [0.25, 0.3) is 33.5 Å². The fourth-order valence-electron chi connectivity index (χ4n) is 5.37. The normalized spacial score (nSPS) is 14.6. The molecule has 6 aromatic rings. The molecular weight excluding hydrogens is 482 g/mol. The Morgan fingerprint density at radius 1 is 1.05 bits per heavy atom. The predicted molar refractivity (Wildman–Crippen MR) is 141 cm³/mol. The highest BCUT2D eigenvalue weighted by molar-refractivity contribution is 5.94. The summed E-state index contributed by atoms with van der Waals surface area (Å²) in [6, 6.07) is 10.1. The van der Waals surface area contributed by atoms with Crippen molar-refractivity contribution in [2.45, 2.75) is 25.8 Å². The molecule has 1 fully saturated rings. The third kappa shape index (κ3) is 3.44. The van der Waals surface area contributed by atoms with Crippen molar-refractivity contribution in [3.05, 3.63) is 72.8 Å². The number of nitrogen functional groups attached to an aromatic ring is 1. The summed E-state index contributed by atoms with van der Waals surface area (Å²) in [6.45, 7) is 3.29. The Morgan fingerprint density at radius 2 is 1.87 bits per heavy atom. The number of para-hydroxylation sites is 1. The first-order chi connectivity index (χ1) is 18.6. The summed E-state index contributed by atoms with van der Waals surface area (Å²) in [5.41, 5.74) is 11.9. The van der Waals surface area contributed by atoms with Gasteiger partial charge in [0, 0.05) is 42.7 Å². The van der Waals surface area contributed by atoms with E-state index in [1.165, 1.54) is 6.33 Å². The summed E-state index contributed by atoms with van der Waals surface area (Å²) < 4.78 is 5.75. The maximum Gasteiger partial charge on any atom is 0.291 e. The molecular formula is C26H25N11O. The number of nitrogens with two attached hydrogens (primary N) is 1. The third-order valence-electron chi connectivity index (χ3n) is 7.31. The van der Waals surface area contributed by atoms with Crippen LogP contribution in [0.3, 0.4) is 0 Å². The quantitative estimate of drug-likeness (QED) is 0.374. The second-order valence-corrected chi connectivity index (χ2v) is 9.58. The summed E-state index contributed by atoms with van der Waals surface area (Å²) in [4.78, 5) is 22.4. The van der Waals surface area contributed by atoms with Gasteiger partial charge in [-0.1, -0.05) is 18.2 Å². The van der Waals surface area contributed by atoms with E-state index in [-0.39, 0.29) is 17.8 Å². The lowest BCUT2D eigenvalue weighted by Crippen LogP contribution is -2.39. The SMILES string of the molecule is Cc1cn(C2CCN(C(=O)c3nnc[nH]3)CC2)c2nc3c(-c4cnn(-c5ccccc5)c4)cnn3c(N)c12. The van der Waals surface area contributed by atoms with Gasteiger partial charge in [0.05, 0.1) is 23.5 Å². The van der Waals surface area contributed by atoms with Gasteiger partial charge in [0.25, 0.3) is 5.91 Å². The maximum atomic E-state index is 12.7. The van der Waals surface area contributed by atoms with Gasteiger partial charge in [-0.15, -0.1) is 10.2 Å². The lowest BCUT2D eigenvalue weighted by molar-refractivity contribution is 0.0684. The monoisotopic (exact) mass is 507 g/mol. The van der Waals surface area contributed by atoms with Crippen molar-refractivity contribution in [2.75, 3.05) is 18.8 Å². The van der Waals surface area contributed by atoms with Crippen molar-refractivity contribution in [3.8, 4) is 16.8 Å². The van der Waals surface area contributed by atoms with E-state index in [2.05, 4.69) is 36.1 Å². The molecule has 0 spiro atoms. The average Bonchev–Trinajstić information content (AvgIpc) is 3.75. The third-order valence-corrected chi connectivity index (χ3v) is 7.31. The van der Waals surface area contributed by atoms with E-state index in [0.29, 0.717) is 24.6 Å². The molecule has 0 aliphatic carbocycles. The molecule has 7 rings (SSSR count). The zero-order chi connectivity index (χ0) is 25.8. The van der Waals surface area contributed by atoms with E-state index < -0.39 is 0 Å². The number of aromatic amines is 1. The minimum Gasteiger partial charge on any atom is -0.383 e. The van der Waals surface area contributed by atoms with Gasteiger partial charge in [0.2, 0.25) is 5.82 Å². The van der Waals surface area contributed by atoms with E-state index in [4.69, 9.17) is 10.7 Å². The van der Waals surface area contributed by atoms with Gasteiger partial charge in [0.15, 0.2) is 5.65 Å². The number of carbonyl (C=O) groups excluding carboxylic acids is 1. The van der Waals surface area contributed by atoms with Crippen molar-refractivity contribution in [1.29, 1.82) is 0 Å². The van der Waals surface area contributed by atoms with Crippen molar-refractivity contribution >= 4 is 28.4 Å². The first kappa shape index (κ1) is 22.2. The first-order valence-electron chi connectivity index (χ1n) is 12.5. The zero-order valence-electron chi connectivity index (χ0n) is 20.7. The van der Waals surface area contributed by atoms with Crippen molar-refractivity contribution in [2.24, 2.45) is 0 Å². The van der Waals surface area contributed by atoms with Crippen LogP contribution in [-0.2, 0) is 0 Å². The molecule has 6 heterocycles. The summed E-state index contributed by atoms with van der Waals surface area (Å²) in [7, 11) is 0. The van der Waals surface area contributed by atoms with Crippen LogP contribution in [0.5, 0.6) is 0 Å². The number of rotatable bonds is 4. The molecule has 0 bridgehead atoms. The number of anilines is 1. The second kappa shape index (κ2) is 8.54. The zero-order valence-corrected chi connectivity index (χ0v) is 20.7. The second-order valence-electron chi connectivity index (χ2n) is 9.58. The molecule has 1 amide bonds. The number of benzene rings is 1. The fourth-order valence-corrected chi connectivity index (χ4v) is 5.37. The number of nitrogens with one attached hydrogen (secondary N) is 1. The van der Waals surface area contributed by atoms with E-state index in [1.54, 1.807) is 10.7 Å². The molecule has 0 radical (unpaired) electrons. The van der Waals surface area contributed by atoms with Gasteiger partial charge in [-0.2, -0.15) is 14.7 Å². The van der Waals surface area contributed by atoms with Crippen LogP contribution in [0.2, 0.25) is 0 Å². The van der Waals surface area contributed by atoms with Crippen LogP contribution in [-0.4, -0.2) is 68.0 Å². The predicted octanol–water partition coefficient (Wildman–Crippen LogP) is 3.02. The number of piperidine rings is 1. The van der Waals surface area contributed by atoms with Gasteiger partial charge in [-0.25, -0.2) is 9.67 Å². The highest BCUT2D eigenvalue weighted by atomic mass is 16.2. The number of fused-ring (bicyclic) bond motifs is 2. The highest BCUT2D eigenvalue weighted by Gasteiger charge is 2.28. The van der Waals surface area contributed by atoms with E-state index in [9.17, 15) is 4.79 Å². The Balaban J connectivity index is 1.24. The van der Waals surface area contributed by atoms with Gasteiger partial charge in [-0.3, -0.25) is 4.79 Å². The number of hydrogen-bond donors (Lipinski definition) is 2. The molecule has 12 heteroatoms. The molecule has 1 aliphatic rings. The Labute approximate surface area is 216 Å². The lowest BCUT2D eigenvalue weighted by atomic mass is 10.0. The van der Waals surface area contributed by atoms with Crippen LogP contribution in [0.15, 0.2) is 61.4 Å². The van der Waals surface area contributed by atoms with Crippen LogP contribution in [0, 0.1) is 6.92 Å². The fraction of sp³-hybridized carbons (Fsp3) is 0.231. The molecule has 12 nitrogen and oxygen atoms in total. The van der Waals surface area contributed by atoms with Crippen molar-refractivity contribution in [3.63, 3.8) is 0 Å². The van der Waals surface area contributed by atoms with E-state index in [1.807, 2.05) is 59.2 Å². The number of nitrogens with zero attached hydrogens (tertiary/aromatic N) is 9. The Hall–Kier alpha value is -5.00. The van der Waals surface area contributed by atoms with Gasteiger partial charge in [-0.05, 0) is 37.5 Å². The Kier molecular flexibility index (Phi) is 4.99. The maximum absolute atomic E-state index is 12.7. The molecule has 190 valence electrons. The number of likely N-dealkylation sites (tertiary alicyclic amines) is 1. The van der Waals surface area contributed by atoms with Gasteiger partial charge >= 0.3 is 0 Å². The number of amides is 1. The van der Waals surface area contributed by atoms with Crippen molar-refractivity contribution in [1.82, 2.24) is 49.0 Å². The molecule has 0 unspecified atom stereocenters. The Morgan fingerprint density at radius 3 is 2.63 bits per heavy atom. The smallest absolute Gasteiger partial charge is 0.291 e. The summed E-state index contributed by atoms with van der Waals surface area (Å²) in [6.07, 6.45) is 10.7. The number of carbonyl (C=O) groups is 1. The van der Waals surface area contributed by atoms with Crippen LogP contribution in [0.1, 0.15) is 35.1 Å². The summed E-state index contributed by atoms with van der Waals surface area (Å²) >= 11 is 0. The molecule has 3 N–H and O–H groups in total. The van der Waals surface area contributed by atoms with Crippen LogP contribution >= 0.6 is 0 Å². The molecule has 5 aromatic heterocycles. The molecule has 0 atom stereocenters. The summed E-state index contributed by atoms with van der Waals surface area (Å²) in [5.74, 6) is 0.700. The van der Waals surface area contributed by atoms with Gasteiger partial charge in [0.1, 0.15) is 17.8 Å². The molecule has 0 saturated carbocycles. The molecule has 1 saturated heterocycles. The first-order valence-corrected chi connectivity index (χ1v) is 12.5. The molecule has 1 aromatic carbocycles. The largest absolute Gasteiger partial charge is 0.383 e. The van der Waals surface area contributed by atoms with E-state index >= 15 is 0 Å². The lowest BCUT2D eigenvalue weighted by Gasteiger charge is -2.32. The van der Waals surface area contributed by atoms with Gasteiger partial charge < -0.3 is 20.2 Å². The standard InChI is InChI=1S/C26H25N11O/c1-16-13-35(18-7-9-34(10-8-18)26(38)23-28-15-29-33-23)25-21(16)22(27)37-24(32-25)20(12-31-37)17-11-30-36(14-17)19-5-3-2-4-6-19/h2-6,11-15,18H,7-10,27H2,1H3,(H,28,29,33). The van der Waals surface area contributed by atoms with E-state index in [0.717, 1.165) is 46.3 Å². The number of hydrogen-bond acceptors (Lipinski definition) is 7. The average molecular weight is 508 g/mol. The number of H-pyrrole nitrogens is 1. The minimum atomic E-state index is -0.126. The van der Waals surface area contributed by atoms with Crippen LogP contribution < -0.4 is 5.73 Å². The molecule has 1 aliphatic heterocycles. The van der Waals surface area contributed by atoms with Crippen LogP contribution in [0.4, 0.5) is 5.82 Å². The Bertz CT molecular complexity index is 1770.